The van der Waals surface area contributed by atoms with Crippen molar-refractivity contribution in [1.82, 2.24) is 0 Å². The molecule has 0 aliphatic carbocycles. The molecule has 0 aromatic carbocycles. The molecular formula is C14H25S. The smallest absolute Gasteiger partial charge is 0.00860 e. The van der Waals surface area contributed by atoms with E-state index in [0.29, 0.717) is 0 Å². The van der Waals surface area contributed by atoms with E-state index in [-0.39, 0.29) is 0 Å². The Kier molecular flexibility index (Phi) is 13.8. The molecule has 0 unspecified atom stereocenters. The molecule has 0 saturated heterocycles. The van der Waals surface area contributed by atoms with E-state index >= 15 is 0 Å². The minimum absolute atomic E-state index is 0.940. The quantitative estimate of drug-likeness (QED) is 0.339. The number of hydrogen-bond donors (Lipinski definition) is 0. The van der Waals surface area contributed by atoms with Gasteiger partial charge in [0.2, 0.25) is 0 Å². The van der Waals surface area contributed by atoms with Gasteiger partial charge >= 0.3 is 0 Å². The molecule has 15 heavy (non-hydrogen) atoms. The lowest BCUT2D eigenvalue weighted by Crippen LogP contribution is -1.82. The van der Waals surface area contributed by atoms with E-state index in [4.69, 9.17) is 19.1 Å². The lowest BCUT2D eigenvalue weighted by molar-refractivity contribution is 0.559. The fraction of sp³-hybridized carbons (Fsp3) is 0.857. The highest BCUT2D eigenvalue weighted by atomic mass is 32.1. The van der Waals surface area contributed by atoms with Crippen molar-refractivity contribution in [3.05, 3.63) is 0 Å². The molecule has 0 spiro atoms. The van der Waals surface area contributed by atoms with Crippen LogP contribution in [0.4, 0.5) is 0 Å². The second kappa shape index (κ2) is 13.9. The van der Waals surface area contributed by atoms with Crippen molar-refractivity contribution in [2.75, 3.05) is 5.75 Å². The van der Waals surface area contributed by atoms with Crippen LogP contribution in [-0.2, 0) is 0 Å². The SMILES string of the molecule is C#CCCCCCCCCCCCC[S]. The third kappa shape index (κ3) is 13.9. The fourth-order valence-corrected chi connectivity index (χ4v) is 1.95. The fourth-order valence-electron chi connectivity index (χ4n) is 1.74. The second-order valence-corrected chi connectivity index (χ2v) is 4.60. The summed E-state index contributed by atoms with van der Waals surface area (Å²) in [6, 6.07) is 0. The van der Waals surface area contributed by atoms with Gasteiger partial charge in [-0.05, 0) is 12.8 Å². The first-order valence-electron chi connectivity index (χ1n) is 6.43. The molecule has 0 fully saturated rings. The van der Waals surface area contributed by atoms with Gasteiger partial charge in [0, 0.05) is 12.2 Å². The molecule has 0 aliphatic heterocycles. The van der Waals surface area contributed by atoms with E-state index in [2.05, 4.69) is 5.92 Å². The van der Waals surface area contributed by atoms with Crippen LogP contribution in [0.2, 0.25) is 0 Å². The second-order valence-electron chi connectivity index (χ2n) is 4.19. The van der Waals surface area contributed by atoms with Gasteiger partial charge in [-0.1, -0.05) is 64.0 Å². The number of rotatable bonds is 11. The van der Waals surface area contributed by atoms with Crippen molar-refractivity contribution in [3.8, 4) is 12.3 Å². The largest absolute Gasteiger partial charge is 0.120 e. The van der Waals surface area contributed by atoms with Gasteiger partial charge in [-0.2, -0.15) is 0 Å². The monoisotopic (exact) mass is 225 g/mol. The lowest BCUT2D eigenvalue weighted by atomic mass is 10.1. The third-order valence-corrected chi connectivity index (χ3v) is 3.00. The van der Waals surface area contributed by atoms with Crippen LogP contribution in [-0.4, -0.2) is 5.75 Å². The Morgan fingerprint density at radius 1 is 0.667 bits per heavy atom. The molecule has 87 valence electrons. The molecule has 0 heterocycles. The Balaban J connectivity index is 2.84. The topological polar surface area (TPSA) is 0 Å². The van der Waals surface area contributed by atoms with E-state index in [9.17, 15) is 0 Å². The maximum absolute atomic E-state index is 5.19. The van der Waals surface area contributed by atoms with Crippen LogP contribution >= 0.6 is 12.6 Å². The third-order valence-electron chi connectivity index (χ3n) is 2.72. The minimum Gasteiger partial charge on any atom is -0.120 e. The van der Waals surface area contributed by atoms with Crippen LogP contribution in [0.15, 0.2) is 0 Å². The van der Waals surface area contributed by atoms with Gasteiger partial charge in [-0.15, -0.1) is 12.3 Å². The molecule has 1 radical (unpaired) electrons. The van der Waals surface area contributed by atoms with Gasteiger partial charge < -0.3 is 0 Å². The first kappa shape index (κ1) is 14.9. The Morgan fingerprint density at radius 3 is 1.47 bits per heavy atom. The highest BCUT2D eigenvalue weighted by molar-refractivity contribution is 7.80. The molecular weight excluding hydrogens is 200 g/mol. The summed E-state index contributed by atoms with van der Waals surface area (Å²) in [4.78, 5) is 0. The predicted molar refractivity (Wildman–Crippen MR) is 72.1 cm³/mol. The van der Waals surface area contributed by atoms with Crippen LogP contribution in [0.25, 0.3) is 0 Å². The van der Waals surface area contributed by atoms with Crippen molar-refractivity contribution in [2.45, 2.75) is 70.6 Å². The number of hydrogen-bond acceptors (Lipinski definition) is 0. The zero-order valence-corrected chi connectivity index (χ0v) is 10.8. The summed E-state index contributed by atoms with van der Waals surface area (Å²) in [5.41, 5.74) is 0. The van der Waals surface area contributed by atoms with Crippen molar-refractivity contribution >= 4 is 12.6 Å². The summed E-state index contributed by atoms with van der Waals surface area (Å²) >= 11 is 4.91. The summed E-state index contributed by atoms with van der Waals surface area (Å²) < 4.78 is 0. The molecule has 1 heteroatoms. The first-order valence-corrected chi connectivity index (χ1v) is 7.01. The molecule has 0 saturated carbocycles. The number of unbranched alkanes of at least 4 members (excludes halogenated alkanes) is 10. The van der Waals surface area contributed by atoms with E-state index in [1.807, 2.05) is 0 Å². The maximum atomic E-state index is 5.19. The van der Waals surface area contributed by atoms with E-state index in [1.54, 1.807) is 0 Å². The van der Waals surface area contributed by atoms with E-state index < -0.39 is 0 Å². The molecule has 0 aromatic heterocycles. The average molecular weight is 225 g/mol. The van der Waals surface area contributed by atoms with Crippen LogP contribution in [0.5, 0.6) is 0 Å². The molecule has 0 bridgehead atoms. The molecule has 0 atom stereocenters. The molecule has 0 rings (SSSR count). The summed E-state index contributed by atoms with van der Waals surface area (Å²) in [6.45, 7) is 0. The van der Waals surface area contributed by atoms with Crippen LogP contribution in [0.1, 0.15) is 70.6 Å². The molecule has 0 aromatic rings. The molecule has 0 aliphatic rings. The average Bonchev–Trinajstić information content (AvgIpc) is 2.26. The van der Waals surface area contributed by atoms with Gasteiger partial charge in [-0.25, -0.2) is 0 Å². The summed E-state index contributed by atoms with van der Waals surface area (Å²) in [5, 5.41) is 0. The molecule has 0 amide bonds. The van der Waals surface area contributed by atoms with Crippen molar-refractivity contribution in [3.63, 3.8) is 0 Å². The van der Waals surface area contributed by atoms with Crippen LogP contribution in [0, 0.1) is 12.3 Å². The lowest BCUT2D eigenvalue weighted by Gasteiger charge is -2.01. The highest BCUT2D eigenvalue weighted by Crippen LogP contribution is 2.11. The predicted octanol–water partition coefficient (Wildman–Crippen LogP) is 5.11. The van der Waals surface area contributed by atoms with Gasteiger partial charge in [0.05, 0.1) is 0 Å². The van der Waals surface area contributed by atoms with E-state index in [1.165, 1.54) is 64.2 Å². The Morgan fingerprint density at radius 2 is 1.07 bits per heavy atom. The Bertz CT molecular complexity index is 146. The Hall–Kier alpha value is -0.0900. The zero-order chi connectivity index (χ0) is 11.2. The van der Waals surface area contributed by atoms with Crippen molar-refractivity contribution < 1.29 is 0 Å². The first-order chi connectivity index (χ1) is 7.41. The summed E-state index contributed by atoms with van der Waals surface area (Å²) in [6.07, 6.45) is 19.6. The van der Waals surface area contributed by atoms with Crippen molar-refractivity contribution in [2.24, 2.45) is 0 Å². The summed E-state index contributed by atoms with van der Waals surface area (Å²) in [5.74, 6) is 3.63. The number of terminal acetylenes is 1. The van der Waals surface area contributed by atoms with Crippen molar-refractivity contribution in [1.29, 1.82) is 0 Å². The van der Waals surface area contributed by atoms with Gasteiger partial charge in [-0.3, -0.25) is 0 Å². The Labute approximate surface area is 102 Å². The highest BCUT2D eigenvalue weighted by Gasteiger charge is 1.92. The maximum Gasteiger partial charge on any atom is 0.00860 e. The van der Waals surface area contributed by atoms with Gasteiger partial charge in [0.1, 0.15) is 0 Å². The molecule has 0 nitrogen and oxygen atoms in total. The minimum atomic E-state index is 0.940. The zero-order valence-electron chi connectivity index (χ0n) is 9.97. The van der Waals surface area contributed by atoms with Gasteiger partial charge in [0.25, 0.3) is 0 Å². The van der Waals surface area contributed by atoms with Gasteiger partial charge in [0.15, 0.2) is 0 Å². The molecule has 0 N–H and O–H groups in total. The normalized spacial score (nSPS) is 10.1. The summed E-state index contributed by atoms with van der Waals surface area (Å²) in [7, 11) is 0. The van der Waals surface area contributed by atoms with E-state index in [0.717, 1.165) is 12.2 Å². The van der Waals surface area contributed by atoms with Crippen LogP contribution < -0.4 is 0 Å². The standard InChI is InChI=1S/C14H25S/c1-2-3-4-5-6-7-8-9-10-11-12-13-14-15/h1H,3-14H2. The van der Waals surface area contributed by atoms with Crippen LogP contribution in [0.3, 0.4) is 0 Å².